The molecule has 0 bridgehead atoms. The number of benzene rings is 1. The number of aromatic nitrogens is 1. The quantitative estimate of drug-likeness (QED) is 0.527. The van der Waals surface area contributed by atoms with Gasteiger partial charge in [-0.25, -0.2) is 4.98 Å². The van der Waals surface area contributed by atoms with Crippen LogP contribution in [0.1, 0.15) is 12.1 Å². The molecule has 0 unspecified atom stereocenters. The lowest BCUT2D eigenvalue weighted by molar-refractivity contribution is 0.297. The minimum Gasteiger partial charge on any atom is -0.490 e. The lowest BCUT2D eigenvalue weighted by Gasteiger charge is -2.13. The van der Waals surface area contributed by atoms with Gasteiger partial charge in [0, 0.05) is 25.2 Å². The van der Waals surface area contributed by atoms with E-state index < -0.39 is 0 Å². The Bertz CT molecular complexity index is 921. The van der Waals surface area contributed by atoms with Gasteiger partial charge in [-0.3, -0.25) is 4.99 Å². The molecule has 0 spiro atoms. The van der Waals surface area contributed by atoms with E-state index in [0.717, 1.165) is 34.2 Å². The summed E-state index contributed by atoms with van der Waals surface area (Å²) in [7, 11) is 1.72. The fourth-order valence-corrected chi connectivity index (χ4v) is 3.29. The summed E-state index contributed by atoms with van der Waals surface area (Å²) in [5.41, 5.74) is 1.67. The normalized spacial score (nSPS) is 13.9. The maximum absolute atomic E-state index is 5.73. The summed E-state index contributed by atoms with van der Waals surface area (Å²) in [6, 6.07) is 9.71. The second-order valence-corrected chi connectivity index (χ2v) is 6.83. The second kappa shape index (κ2) is 8.13. The monoisotopic (exact) mass is 384 g/mol. The molecule has 140 valence electrons. The summed E-state index contributed by atoms with van der Waals surface area (Å²) in [5, 5.41) is 8.48. The predicted molar refractivity (Wildman–Crippen MR) is 106 cm³/mol. The van der Waals surface area contributed by atoms with E-state index in [0.29, 0.717) is 31.6 Å². The first kappa shape index (κ1) is 17.4. The molecule has 8 heteroatoms. The lowest BCUT2D eigenvalue weighted by Crippen LogP contribution is -2.30. The van der Waals surface area contributed by atoms with Crippen molar-refractivity contribution in [2.75, 3.05) is 25.6 Å². The molecule has 0 saturated heterocycles. The Balaban J connectivity index is 1.38. The van der Waals surface area contributed by atoms with Crippen LogP contribution in [0, 0.1) is 0 Å². The number of nitrogens with one attached hydrogen (secondary N) is 2. The van der Waals surface area contributed by atoms with Crippen molar-refractivity contribution in [3.8, 4) is 22.3 Å². The highest BCUT2D eigenvalue weighted by atomic mass is 32.1. The number of aliphatic imine (C=N–C) groups is 1. The van der Waals surface area contributed by atoms with Crippen LogP contribution in [0.4, 0.5) is 5.69 Å². The summed E-state index contributed by atoms with van der Waals surface area (Å²) in [5.74, 6) is 2.77. The molecule has 27 heavy (non-hydrogen) atoms. The Morgan fingerprint density at radius 3 is 2.93 bits per heavy atom. The number of nitrogens with zero attached hydrogens (tertiary/aromatic N) is 2. The molecule has 1 aromatic carbocycles. The minimum atomic E-state index is 0.499. The van der Waals surface area contributed by atoms with Gasteiger partial charge in [-0.1, -0.05) is 6.07 Å². The molecule has 0 radical (unpaired) electrons. The fraction of sp³-hybridized carbons (Fsp3) is 0.263. The number of thiophene rings is 1. The van der Waals surface area contributed by atoms with Gasteiger partial charge >= 0.3 is 0 Å². The molecule has 1 aliphatic rings. The van der Waals surface area contributed by atoms with Gasteiger partial charge in [0.2, 0.25) is 5.89 Å². The average molecular weight is 384 g/mol. The van der Waals surface area contributed by atoms with Crippen LogP contribution in [0.15, 0.2) is 51.4 Å². The number of hydrogen-bond donors (Lipinski definition) is 2. The van der Waals surface area contributed by atoms with Gasteiger partial charge in [0.15, 0.2) is 17.5 Å². The summed E-state index contributed by atoms with van der Waals surface area (Å²) in [6.07, 6.45) is 2.54. The van der Waals surface area contributed by atoms with Crippen molar-refractivity contribution in [1.82, 2.24) is 10.3 Å². The highest BCUT2D eigenvalue weighted by molar-refractivity contribution is 7.13. The highest BCUT2D eigenvalue weighted by Crippen LogP contribution is 2.32. The zero-order chi connectivity index (χ0) is 18.5. The summed E-state index contributed by atoms with van der Waals surface area (Å²) < 4.78 is 16.9. The smallest absolute Gasteiger partial charge is 0.236 e. The van der Waals surface area contributed by atoms with Gasteiger partial charge in [-0.15, -0.1) is 11.3 Å². The van der Waals surface area contributed by atoms with Crippen molar-refractivity contribution >= 4 is 23.0 Å². The summed E-state index contributed by atoms with van der Waals surface area (Å²) >= 11 is 1.60. The van der Waals surface area contributed by atoms with Gasteiger partial charge in [-0.2, -0.15) is 0 Å². The van der Waals surface area contributed by atoms with Crippen molar-refractivity contribution in [3.05, 3.63) is 47.7 Å². The first-order chi connectivity index (χ1) is 13.3. The van der Waals surface area contributed by atoms with Gasteiger partial charge in [0.05, 0.1) is 30.3 Å². The van der Waals surface area contributed by atoms with Crippen molar-refractivity contribution in [3.63, 3.8) is 0 Å². The zero-order valence-corrected chi connectivity index (χ0v) is 15.7. The van der Waals surface area contributed by atoms with E-state index >= 15 is 0 Å². The van der Waals surface area contributed by atoms with E-state index in [1.807, 2.05) is 35.7 Å². The Kier molecular flexibility index (Phi) is 5.24. The van der Waals surface area contributed by atoms with Crippen molar-refractivity contribution in [2.45, 2.75) is 13.0 Å². The Morgan fingerprint density at radius 2 is 2.11 bits per heavy atom. The zero-order valence-electron chi connectivity index (χ0n) is 14.9. The number of rotatable bonds is 4. The number of fused-ring (bicyclic) bond motifs is 1. The molecule has 4 rings (SSSR count). The maximum atomic E-state index is 5.73. The van der Waals surface area contributed by atoms with Crippen molar-refractivity contribution in [1.29, 1.82) is 0 Å². The second-order valence-electron chi connectivity index (χ2n) is 5.88. The topological polar surface area (TPSA) is 80.9 Å². The fourth-order valence-electron chi connectivity index (χ4n) is 2.63. The number of guanidine groups is 1. The molecule has 0 atom stereocenters. The summed E-state index contributed by atoms with van der Waals surface area (Å²) in [4.78, 5) is 9.76. The maximum Gasteiger partial charge on any atom is 0.236 e. The number of oxazole rings is 1. The number of hydrogen-bond acceptors (Lipinski definition) is 6. The largest absolute Gasteiger partial charge is 0.490 e. The molecule has 0 fully saturated rings. The van der Waals surface area contributed by atoms with Crippen LogP contribution >= 0.6 is 11.3 Å². The van der Waals surface area contributed by atoms with E-state index in [-0.39, 0.29) is 0 Å². The summed E-state index contributed by atoms with van der Waals surface area (Å²) in [6.45, 7) is 1.83. The number of ether oxygens (including phenoxy) is 2. The van der Waals surface area contributed by atoms with E-state index in [1.54, 1.807) is 24.6 Å². The van der Waals surface area contributed by atoms with Gasteiger partial charge in [-0.05, 0) is 23.6 Å². The van der Waals surface area contributed by atoms with Crippen LogP contribution in [0.25, 0.3) is 10.8 Å². The molecule has 0 saturated carbocycles. The van der Waals surface area contributed by atoms with Gasteiger partial charge in [0.25, 0.3) is 0 Å². The first-order valence-corrected chi connectivity index (χ1v) is 9.55. The molecule has 3 aromatic rings. The molecule has 1 aliphatic heterocycles. The SMILES string of the molecule is CN=C(NCc1coc(-c2cccs2)n1)Nc1ccc2c(c1)OCCCO2. The molecule has 2 aromatic heterocycles. The standard InChI is InChI=1S/C19H20N4O3S/c1-20-19(21-11-14-12-26-18(22-14)17-4-2-9-27-17)23-13-5-6-15-16(10-13)25-8-3-7-24-15/h2,4-6,9-10,12H,3,7-8,11H2,1H3,(H2,20,21,23). The Morgan fingerprint density at radius 1 is 1.22 bits per heavy atom. The van der Waals surface area contributed by atoms with E-state index in [9.17, 15) is 0 Å². The molecule has 2 N–H and O–H groups in total. The van der Waals surface area contributed by atoms with Gasteiger partial charge < -0.3 is 24.5 Å². The molecule has 0 aliphatic carbocycles. The van der Waals surface area contributed by atoms with E-state index in [4.69, 9.17) is 13.9 Å². The Labute approximate surface area is 161 Å². The lowest BCUT2D eigenvalue weighted by atomic mass is 10.3. The van der Waals surface area contributed by atoms with E-state index in [2.05, 4.69) is 20.6 Å². The molecular formula is C19H20N4O3S. The van der Waals surface area contributed by atoms with Gasteiger partial charge in [0.1, 0.15) is 6.26 Å². The molecule has 3 heterocycles. The molecule has 0 amide bonds. The Hall–Kier alpha value is -3.00. The van der Waals surface area contributed by atoms with Crippen LogP contribution in [0.5, 0.6) is 11.5 Å². The third-order valence-electron chi connectivity index (χ3n) is 3.95. The predicted octanol–water partition coefficient (Wildman–Crippen LogP) is 3.75. The first-order valence-electron chi connectivity index (χ1n) is 8.67. The van der Waals surface area contributed by atoms with Crippen molar-refractivity contribution in [2.24, 2.45) is 4.99 Å². The van der Waals surface area contributed by atoms with Crippen molar-refractivity contribution < 1.29 is 13.9 Å². The molecule has 7 nitrogen and oxygen atoms in total. The van der Waals surface area contributed by atoms with Crippen LogP contribution in [-0.4, -0.2) is 31.2 Å². The minimum absolute atomic E-state index is 0.499. The molecular weight excluding hydrogens is 364 g/mol. The third-order valence-corrected chi connectivity index (χ3v) is 4.81. The van der Waals surface area contributed by atoms with Crippen LogP contribution in [0.3, 0.4) is 0 Å². The number of anilines is 1. The van der Waals surface area contributed by atoms with E-state index in [1.165, 1.54) is 0 Å². The van der Waals surface area contributed by atoms with Crippen LogP contribution in [-0.2, 0) is 6.54 Å². The highest BCUT2D eigenvalue weighted by Gasteiger charge is 2.12. The average Bonchev–Trinajstić information content (AvgIpc) is 3.33. The third kappa shape index (κ3) is 4.22. The van der Waals surface area contributed by atoms with Crippen LogP contribution < -0.4 is 20.1 Å². The van der Waals surface area contributed by atoms with Crippen LogP contribution in [0.2, 0.25) is 0 Å².